The van der Waals surface area contributed by atoms with Gasteiger partial charge in [-0.3, -0.25) is 4.79 Å². The Morgan fingerprint density at radius 1 is 1.04 bits per heavy atom. The molecule has 0 spiro atoms. The summed E-state index contributed by atoms with van der Waals surface area (Å²) in [6.07, 6.45) is 5.28. The number of rotatable bonds is 8. The Morgan fingerprint density at radius 2 is 1.64 bits per heavy atom. The fourth-order valence-corrected chi connectivity index (χ4v) is 6.93. The third-order valence-electron chi connectivity index (χ3n) is 5.23. The number of hydrogen-bond acceptors (Lipinski definition) is 2. The predicted molar refractivity (Wildman–Crippen MR) is 112 cm³/mol. The molecule has 2 aromatic rings. The number of hydrogen-bond donors (Lipinski definition) is 0. The summed E-state index contributed by atoms with van der Waals surface area (Å²) in [6.45, 7) is 8.95. The maximum atomic E-state index is 11.4. The van der Waals surface area contributed by atoms with Gasteiger partial charge in [-0.15, -0.1) is 0 Å². The standard InChI is InChI=1S/C17H22O2Si.C4H9.Li/c1-4-20(5-2,6-3)17-16(15(12-18)13-19-17)14-10-8-7-9-11-14;1-3-4-2;/h7-13H,4-6H2,1-3H3;1,3-4H2,2H3;. The van der Waals surface area contributed by atoms with Crippen molar-refractivity contribution in [2.24, 2.45) is 0 Å². The topological polar surface area (TPSA) is 30.2 Å². The van der Waals surface area contributed by atoms with Crippen LogP contribution in [-0.2, 0) is 0 Å². The molecule has 2 rings (SSSR count). The van der Waals surface area contributed by atoms with Crippen molar-refractivity contribution in [2.75, 3.05) is 0 Å². The summed E-state index contributed by atoms with van der Waals surface area (Å²) >= 11 is 2.21. The zero-order valence-corrected chi connectivity index (χ0v) is 17.6. The van der Waals surface area contributed by atoms with Crippen LogP contribution in [-0.4, -0.2) is 32.1 Å². The molecule has 0 unspecified atom stereocenters. The fraction of sp³-hybridized carbons (Fsp3) is 0.476. The molecule has 0 radical (unpaired) electrons. The molecule has 0 aliphatic heterocycles. The van der Waals surface area contributed by atoms with E-state index in [0.29, 0.717) is 5.56 Å². The second-order valence-corrected chi connectivity index (χ2v) is 11.7. The average molecular weight is 351 g/mol. The molecule has 0 aliphatic carbocycles. The molecule has 4 heteroatoms. The zero-order valence-electron chi connectivity index (χ0n) is 16.6. The van der Waals surface area contributed by atoms with E-state index < -0.39 is 8.07 Å². The molecule has 0 amide bonds. The second-order valence-electron chi connectivity index (χ2n) is 6.57. The third-order valence-corrected chi connectivity index (χ3v) is 10.6. The van der Waals surface area contributed by atoms with Crippen LogP contribution >= 0.6 is 0 Å². The quantitative estimate of drug-likeness (QED) is 0.442. The molecule has 132 valence electrons. The van der Waals surface area contributed by atoms with E-state index >= 15 is 0 Å². The molecule has 2 nitrogen and oxygen atoms in total. The molecule has 0 fully saturated rings. The van der Waals surface area contributed by atoms with Gasteiger partial charge in [-0.2, -0.15) is 0 Å². The maximum absolute atomic E-state index is 11.4. The first-order valence-electron chi connectivity index (χ1n) is 9.76. The van der Waals surface area contributed by atoms with Crippen LogP contribution < -0.4 is 5.38 Å². The molecule has 0 saturated carbocycles. The summed E-state index contributed by atoms with van der Waals surface area (Å²) in [4.78, 5) is 11.4. The van der Waals surface area contributed by atoms with E-state index in [1.54, 1.807) is 6.26 Å². The monoisotopic (exact) mass is 350 g/mol. The minimum absolute atomic E-state index is 0.679. The van der Waals surface area contributed by atoms with Gasteiger partial charge in [0.05, 0.1) is 10.9 Å². The number of unbranched alkanes of at least 4 members (excludes halogenated alkanes) is 1. The predicted octanol–water partition coefficient (Wildman–Crippen LogP) is 5.85. The van der Waals surface area contributed by atoms with E-state index in [9.17, 15) is 4.79 Å². The van der Waals surface area contributed by atoms with Gasteiger partial charge in [0.15, 0.2) is 6.29 Å². The van der Waals surface area contributed by atoms with Crippen LogP contribution in [0, 0.1) is 0 Å². The number of benzene rings is 1. The van der Waals surface area contributed by atoms with Gasteiger partial charge in [-0.05, 0) is 5.56 Å². The molecule has 1 heterocycles. The van der Waals surface area contributed by atoms with Gasteiger partial charge in [0.25, 0.3) is 0 Å². The van der Waals surface area contributed by atoms with Crippen LogP contribution in [0.5, 0.6) is 0 Å². The molecule has 1 aromatic heterocycles. The van der Waals surface area contributed by atoms with Crippen molar-refractivity contribution in [1.82, 2.24) is 0 Å². The summed E-state index contributed by atoms with van der Waals surface area (Å²) in [6, 6.07) is 13.6. The summed E-state index contributed by atoms with van der Waals surface area (Å²) in [5.74, 6) is 0. The first-order chi connectivity index (χ1) is 12.1. The Bertz CT molecular complexity index is 608. The molecular weight excluding hydrogens is 319 g/mol. The van der Waals surface area contributed by atoms with Crippen LogP contribution in [0.2, 0.25) is 23.2 Å². The van der Waals surface area contributed by atoms with Gasteiger partial charge >= 0.3 is 42.6 Å². The van der Waals surface area contributed by atoms with Crippen molar-refractivity contribution in [2.45, 2.75) is 63.8 Å². The van der Waals surface area contributed by atoms with Gasteiger partial charge in [0.1, 0.15) is 14.3 Å². The first kappa shape index (κ1) is 22.0. The van der Waals surface area contributed by atoms with Gasteiger partial charge in [-0.1, -0.05) is 69.2 Å². The Morgan fingerprint density at radius 3 is 2.04 bits per heavy atom. The number of carbonyl (C=O) groups excluding carboxylic acids is 1. The van der Waals surface area contributed by atoms with Crippen molar-refractivity contribution in [1.29, 1.82) is 0 Å². The van der Waals surface area contributed by atoms with Crippen molar-refractivity contribution >= 4 is 37.5 Å². The average Bonchev–Trinajstić information content (AvgIpc) is 3.10. The van der Waals surface area contributed by atoms with Gasteiger partial charge in [0.2, 0.25) is 0 Å². The van der Waals surface area contributed by atoms with Crippen LogP contribution in [0.15, 0.2) is 41.0 Å². The molecular formula is C21H31LiO2Si. The van der Waals surface area contributed by atoms with E-state index in [1.165, 1.54) is 17.9 Å². The van der Waals surface area contributed by atoms with Crippen molar-refractivity contribution in [3.05, 3.63) is 42.2 Å². The summed E-state index contributed by atoms with van der Waals surface area (Å²) in [5.41, 5.74) is 2.79. The van der Waals surface area contributed by atoms with Crippen LogP contribution in [0.1, 0.15) is 50.9 Å². The van der Waals surface area contributed by atoms with E-state index in [2.05, 4.69) is 57.5 Å². The van der Waals surface area contributed by atoms with Crippen LogP contribution in [0.3, 0.4) is 0 Å². The third kappa shape index (κ3) is 5.48. The van der Waals surface area contributed by atoms with Gasteiger partial charge in [-0.25, -0.2) is 0 Å². The van der Waals surface area contributed by atoms with E-state index in [4.69, 9.17) is 4.42 Å². The molecule has 0 bridgehead atoms. The Labute approximate surface area is 163 Å². The van der Waals surface area contributed by atoms with E-state index in [0.717, 1.165) is 40.9 Å². The molecule has 0 saturated heterocycles. The molecule has 0 aliphatic rings. The van der Waals surface area contributed by atoms with E-state index in [1.807, 2.05) is 18.2 Å². The summed E-state index contributed by atoms with van der Waals surface area (Å²) in [7, 11) is -1.64. The molecule has 1 aromatic carbocycles. The Hall–Kier alpha value is -1.02. The van der Waals surface area contributed by atoms with E-state index in [-0.39, 0.29) is 0 Å². The van der Waals surface area contributed by atoms with Gasteiger partial charge < -0.3 is 4.42 Å². The van der Waals surface area contributed by atoms with Crippen molar-refractivity contribution in [3.8, 4) is 11.1 Å². The SMILES string of the molecule is CC[Si](CC)(CC)c1occ(C=O)c1-c1ccccc1.[Li][CH2]CCC. The summed E-state index contributed by atoms with van der Waals surface area (Å²) in [5, 5.41) is 2.44. The zero-order chi connectivity index (χ0) is 18.7. The normalized spacial score (nSPS) is 11.0. The number of aldehydes is 1. The fourth-order valence-electron chi connectivity index (χ4n) is 3.34. The van der Waals surface area contributed by atoms with Crippen molar-refractivity contribution in [3.63, 3.8) is 0 Å². The van der Waals surface area contributed by atoms with Crippen LogP contribution in [0.4, 0.5) is 0 Å². The molecule has 25 heavy (non-hydrogen) atoms. The molecule has 0 atom stereocenters. The summed E-state index contributed by atoms with van der Waals surface area (Å²) < 4.78 is 5.91. The first-order valence-corrected chi connectivity index (χ1v) is 12.4. The van der Waals surface area contributed by atoms with Crippen LogP contribution in [0.25, 0.3) is 11.1 Å². The number of carbonyl (C=O) groups is 1. The molecule has 0 N–H and O–H groups in total. The minimum atomic E-state index is -1.64. The number of furan rings is 1. The Balaban J connectivity index is 0.000000550. The van der Waals surface area contributed by atoms with Gasteiger partial charge in [0, 0.05) is 5.56 Å². The Kier molecular flexibility index (Phi) is 10.2. The second kappa shape index (κ2) is 11.6. The van der Waals surface area contributed by atoms with Crippen molar-refractivity contribution < 1.29 is 9.21 Å².